The Labute approximate surface area is 167 Å². The van der Waals surface area contributed by atoms with Crippen LogP contribution >= 0.6 is 0 Å². The molecule has 0 bridgehead atoms. The summed E-state index contributed by atoms with van der Waals surface area (Å²) in [5, 5.41) is 4.44. The zero-order valence-corrected chi connectivity index (χ0v) is 16.5. The zero-order valence-electron chi connectivity index (χ0n) is 16.5. The molecule has 3 heterocycles. The van der Waals surface area contributed by atoms with Crippen molar-refractivity contribution in [3.63, 3.8) is 0 Å². The number of fused-ring (bicyclic) bond motifs is 3. The minimum atomic E-state index is -1.10. The van der Waals surface area contributed by atoms with Crippen molar-refractivity contribution in [1.82, 2.24) is 10.6 Å². The number of methoxy groups -OCH3 is 1. The molecule has 9 nitrogen and oxygen atoms in total. The number of barbiturate groups is 1. The number of aryl methyl sites for hydroxylation is 1. The van der Waals surface area contributed by atoms with Gasteiger partial charge in [-0.15, -0.1) is 0 Å². The SMILES string of the molecule is COC(=O)c1ccc2c(c1)CCC1(C3C(=O)NC(=O)NC3=O)[C@H](C)O[C@H](C)CN21. The van der Waals surface area contributed by atoms with Crippen molar-refractivity contribution in [1.29, 1.82) is 0 Å². The Hall–Kier alpha value is -2.94. The van der Waals surface area contributed by atoms with Crippen molar-refractivity contribution in [2.45, 2.75) is 44.4 Å². The first-order valence-electron chi connectivity index (χ1n) is 9.58. The van der Waals surface area contributed by atoms with Gasteiger partial charge in [-0.3, -0.25) is 20.2 Å². The fraction of sp³-hybridized carbons (Fsp3) is 0.500. The van der Waals surface area contributed by atoms with E-state index in [4.69, 9.17) is 9.47 Å². The van der Waals surface area contributed by atoms with Gasteiger partial charge in [-0.1, -0.05) is 0 Å². The monoisotopic (exact) mass is 401 g/mol. The van der Waals surface area contributed by atoms with Crippen LogP contribution in [-0.2, 0) is 25.5 Å². The Kier molecular flexibility index (Phi) is 4.57. The molecule has 1 unspecified atom stereocenters. The number of rotatable bonds is 2. The zero-order chi connectivity index (χ0) is 20.9. The Morgan fingerprint density at radius 1 is 1.21 bits per heavy atom. The standard InChI is InChI=1S/C20H23N3O6/c1-10-9-23-14-5-4-13(18(26)28-3)8-12(14)6-7-20(23,11(2)29-10)15-16(24)21-19(27)22-17(15)25/h4-5,8,10-11,15H,6-7,9H2,1-3H3,(H2,21,22,24,25,27)/t10-,11+,20?/m1/s1. The van der Waals surface area contributed by atoms with Crippen LogP contribution in [0.4, 0.5) is 10.5 Å². The Morgan fingerprint density at radius 2 is 1.90 bits per heavy atom. The van der Waals surface area contributed by atoms with Gasteiger partial charge in [-0.05, 0) is 50.5 Å². The number of amides is 4. The van der Waals surface area contributed by atoms with Crippen LogP contribution in [0.3, 0.4) is 0 Å². The smallest absolute Gasteiger partial charge is 0.337 e. The van der Waals surface area contributed by atoms with E-state index in [1.54, 1.807) is 12.1 Å². The number of esters is 1. The fourth-order valence-corrected chi connectivity index (χ4v) is 4.95. The van der Waals surface area contributed by atoms with E-state index < -0.39 is 41.4 Å². The number of imide groups is 2. The highest BCUT2D eigenvalue weighted by Gasteiger charge is 2.60. The van der Waals surface area contributed by atoms with Crippen LogP contribution in [0.15, 0.2) is 18.2 Å². The van der Waals surface area contributed by atoms with E-state index in [2.05, 4.69) is 10.6 Å². The average molecular weight is 401 g/mol. The van der Waals surface area contributed by atoms with Gasteiger partial charge in [0, 0.05) is 12.2 Å². The van der Waals surface area contributed by atoms with Crippen molar-refractivity contribution in [2.24, 2.45) is 5.92 Å². The summed E-state index contributed by atoms with van der Waals surface area (Å²) in [6.07, 6.45) is 0.442. The molecule has 4 amide bonds. The highest BCUT2D eigenvalue weighted by atomic mass is 16.5. The molecule has 2 saturated heterocycles. The number of hydrogen-bond donors (Lipinski definition) is 2. The summed E-state index contributed by atoms with van der Waals surface area (Å²) in [5.41, 5.74) is 1.30. The van der Waals surface area contributed by atoms with Crippen molar-refractivity contribution in [2.75, 3.05) is 18.6 Å². The number of hydrogen-bond acceptors (Lipinski definition) is 7. The number of anilines is 1. The largest absolute Gasteiger partial charge is 0.465 e. The van der Waals surface area contributed by atoms with E-state index in [0.29, 0.717) is 24.9 Å². The lowest BCUT2D eigenvalue weighted by Crippen LogP contribution is -2.75. The number of morpholine rings is 1. The van der Waals surface area contributed by atoms with Gasteiger partial charge in [0.2, 0.25) is 11.8 Å². The quantitative estimate of drug-likeness (QED) is 0.555. The summed E-state index contributed by atoms with van der Waals surface area (Å²) in [6, 6.07) is 4.48. The second kappa shape index (κ2) is 6.84. The molecule has 0 aliphatic carbocycles. The minimum Gasteiger partial charge on any atom is -0.465 e. The molecule has 0 spiro atoms. The number of carbonyl (C=O) groups is 4. The van der Waals surface area contributed by atoms with Gasteiger partial charge < -0.3 is 14.4 Å². The molecule has 4 rings (SSSR count). The lowest BCUT2D eigenvalue weighted by Gasteiger charge is -2.58. The van der Waals surface area contributed by atoms with E-state index in [1.807, 2.05) is 24.8 Å². The van der Waals surface area contributed by atoms with Gasteiger partial charge in [0.15, 0.2) is 0 Å². The van der Waals surface area contributed by atoms with Gasteiger partial charge >= 0.3 is 12.0 Å². The molecule has 3 aliphatic rings. The number of nitrogens with zero attached hydrogens (tertiary/aromatic N) is 1. The molecule has 0 saturated carbocycles. The molecule has 3 atom stereocenters. The van der Waals surface area contributed by atoms with E-state index in [9.17, 15) is 19.2 Å². The molecular weight excluding hydrogens is 378 g/mol. The van der Waals surface area contributed by atoms with Gasteiger partial charge in [0.1, 0.15) is 5.92 Å². The number of ether oxygens (including phenoxy) is 2. The normalized spacial score (nSPS) is 29.5. The third-order valence-electron chi connectivity index (χ3n) is 6.17. The summed E-state index contributed by atoms with van der Waals surface area (Å²) in [6.45, 7) is 4.26. The summed E-state index contributed by atoms with van der Waals surface area (Å²) in [4.78, 5) is 51.0. The first-order chi connectivity index (χ1) is 13.8. The lowest BCUT2D eigenvalue weighted by molar-refractivity contribution is -0.149. The van der Waals surface area contributed by atoms with Crippen LogP contribution in [0.5, 0.6) is 0 Å². The van der Waals surface area contributed by atoms with Gasteiger partial charge in [-0.25, -0.2) is 9.59 Å². The third kappa shape index (κ3) is 2.88. The highest BCUT2D eigenvalue weighted by molar-refractivity contribution is 6.17. The molecule has 3 aliphatic heterocycles. The first kappa shape index (κ1) is 19.4. The van der Waals surface area contributed by atoms with E-state index in [-0.39, 0.29) is 6.10 Å². The van der Waals surface area contributed by atoms with Crippen LogP contribution in [0.25, 0.3) is 0 Å². The van der Waals surface area contributed by atoms with Gasteiger partial charge in [0.25, 0.3) is 0 Å². The Balaban J connectivity index is 1.82. The molecular formula is C20H23N3O6. The predicted octanol–water partition coefficient (Wildman–Crippen LogP) is 0.754. The fourth-order valence-electron chi connectivity index (χ4n) is 4.95. The van der Waals surface area contributed by atoms with Crippen LogP contribution < -0.4 is 15.5 Å². The maximum atomic E-state index is 12.7. The van der Waals surface area contributed by atoms with Gasteiger partial charge in [-0.2, -0.15) is 0 Å². The number of benzene rings is 1. The topological polar surface area (TPSA) is 114 Å². The van der Waals surface area contributed by atoms with Crippen LogP contribution in [0.2, 0.25) is 0 Å². The number of nitrogens with one attached hydrogen (secondary N) is 2. The van der Waals surface area contributed by atoms with Crippen molar-refractivity contribution < 1.29 is 28.7 Å². The van der Waals surface area contributed by atoms with E-state index >= 15 is 0 Å². The van der Waals surface area contributed by atoms with E-state index in [1.165, 1.54) is 7.11 Å². The Bertz CT molecular complexity index is 895. The summed E-state index contributed by atoms with van der Waals surface area (Å²) >= 11 is 0. The third-order valence-corrected chi connectivity index (χ3v) is 6.17. The molecule has 0 radical (unpaired) electrons. The summed E-state index contributed by atoms with van der Waals surface area (Å²) in [5.74, 6) is -2.76. The summed E-state index contributed by atoms with van der Waals surface area (Å²) in [7, 11) is 1.33. The molecule has 2 fully saturated rings. The second-order valence-electron chi connectivity index (χ2n) is 7.77. The van der Waals surface area contributed by atoms with Crippen molar-refractivity contribution in [3.05, 3.63) is 29.3 Å². The molecule has 1 aromatic rings. The maximum absolute atomic E-state index is 12.7. The predicted molar refractivity (Wildman–Crippen MR) is 101 cm³/mol. The molecule has 29 heavy (non-hydrogen) atoms. The van der Waals surface area contributed by atoms with Crippen LogP contribution in [-0.4, -0.2) is 55.2 Å². The summed E-state index contributed by atoms with van der Waals surface area (Å²) < 4.78 is 10.9. The second-order valence-corrected chi connectivity index (χ2v) is 7.77. The first-order valence-corrected chi connectivity index (χ1v) is 9.58. The molecule has 2 N–H and O–H groups in total. The lowest BCUT2D eigenvalue weighted by atomic mass is 9.69. The molecule has 9 heteroatoms. The van der Waals surface area contributed by atoms with E-state index in [0.717, 1.165) is 11.3 Å². The molecule has 154 valence electrons. The highest BCUT2D eigenvalue weighted by Crippen LogP contribution is 2.47. The number of urea groups is 1. The van der Waals surface area contributed by atoms with Crippen LogP contribution in [0.1, 0.15) is 36.2 Å². The number of carbonyl (C=O) groups excluding carboxylic acids is 4. The molecule has 1 aromatic carbocycles. The minimum absolute atomic E-state index is 0.124. The van der Waals surface area contributed by atoms with Crippen LogP contribution in [0, 0.1) is 5.92 Å². The van der Waals surface area contributed by atoms with Crippen molar-refractivity contribution in [3.8, 4) is 0 Å². The Morgan fingerprint density at radius 3 is 2.55 bits per heavy atom. The van der Waals surface area contributed by atoms with Gasteiger partial charge in [0.05, 0.1) is 30.4 Å². The maximum Gasteiger partial charge on any atom is 0.337 e. The van der Waals surface area contributed by atoms with Crippen molar-refractivity contribution >= 4 is 29.5 Å². The molecule has 0 aromatic heterocycles. The average Bonchev–Trinajstić information content (AvgIpc) is 2.66.